The fourth-order valence-corrected chi connectivity index (χ4v) is 0.225. The number of carboxylic acid groups (broad SMARTS) is 2. The predicted molar refractivity (Wildman–Crippen MR) is 30.3 cm³/mol. The first-order valence-electron chi connectivity index (χ1n) is 2.00. The third-order valence-corrected chi connectivity index (χ3v) is 0.821. The topological polar surface area (TPSA) is 70.1 Å². The summed E-state index contributed by atoms with van der Waals surface area (Å²) in [5, 5.41) is 14.5. The van der Waals surface area contributed by atoms with Gasteiger partial charge in [0.05, 0.1) is 0 Å². The molecule has 5 heteroatoms. The van der Waals surface area contributed by atoms with E-state index in [0.717, 1.165) is 5.76 Å². The highest BCUT2D eigenvalue weighted by molar-refractivity contribution is 6.30. The Morgan fingerprint density at radius 2 is 1.78 bits per heavy atom. The van der Waals surface area contributed by atoms with E-state index in [2.05, 4.69) is 4.74 Å². The largest absolute Gasteiger partial charge is 0.503 e. The maximum absolute atomic E-state index is 8.56. The zero-order chi connectivity index (χ0) is 7.44. The van der Waals surface area contributed by atoms with Crippen LogP contribution in [0.4, 0.5) is 4.79 Å². The fraction of sp³-hybridized carbons (Fsp3) is 0.250. The molecule has 0 spiro atoms. The van der Waals surface area contributed by atoms with E-state index in [4.69, 9.17) is 26.6 Å². The van der Waals surface area contributed by atoms with Crippen molar-refractivity contribution < 1.29 is 19.7 Å². The van der Waals surface area contributed by atoms with Crippen molar-refractivity contribution in [3.8, 4) is 0 Å². The van der Waals surface area contributed by atoms with Crippen molar-refractivity contribution in [2.75, 3.05) is 0 Å². The maximum Gasteiger partial charge on any atom is 0.503 e. The molecule has 0 amide bonds. The third-order valence-electron chi connectivity index (χ3n) is 0.478. The standard InChI is InChI=1S/C3H3ClO.CH2O3/c1-2-3(4)5-2;2-1(3)4/h1H3;(H2,2,3,4). The number of rotatable bonds is 0. The van der Waals surface area contributed by atoms with Crippen LogP contribution in [-0.4, -0.2) is 16.4 Å². The van der Waals surface area contributed by atoms with Crippen LogP contribution >= 0.6 is 11.6 Å². The van der Waals surface area contributed by atoms with Crippen molar-refractivity contribution in [3.05, 3.63) is 11.0 Å². The second-order valence-corrected chi connectivity index (χ2v) is 1.56. The van der Waals surface area contributed by atoms with Crippen LogP contribution in [0.5, 0.6) is 0 Å². The van der Waals surface area contributed by atoms with Crippen molar-refractivity contribution in [1.29, 1.82) is 0 Å². The number of ether oxygens (including phenoxy) is 1. The van der Waals surface area contributed by atoms with Gasteiger partial charge >= 0.3 is 6.16 Å². The van der Waals surface area contributed by atoms with Crippen LogP contribution in [0.25, 0.3) is 0 Å². The highest BCUT2D eigenvalue weighted by Crippen LogP contribution is 2.27. The van der Waals surface area contributed by atoms with Gasteiger partial charge in [0.2, 0.25) is 5.22 Å². The first-order valence-corrected chi connectivity index (χ1v) is 2.38. The molecule has 1 rings (SSSR count). The molecule has 4 nitrogen and oxygen atoms in total. The van der Waals surface area contributed by atoms with Gasteiger partial charge in [0.1, 0.15) is 0 Å². The van der Waals surface area contributed by atoms with Crippen LogP contribution < -0.4 is 0 Å². The van der Waals surface area contributed by atoms with Gasteiger partial charge in [-0.3, -0.25) is 0 Å². The quantitative estimate of drug-likeness (QED) is 0.554. The molecule has 0 fully saturated rings. The van der Waals surface area contributed by atoms with Gasteiger partial charge < -0.3 is 14.9 Å². The lowest BCUT2D eigenvalue weighted by Crippen LogP contribution is -1.81. The van der Waals surface area contributed by atoms with Crippen molar-refractivity contribution in [2.45, 2.75) is 6.92 Å². The normalized spacial score (nSPS) is 13.1. The monoisotopic (exact) mass is 152 g/mol. The molecule has 9 heavy (non-hydrogen) atoms. The summed E-state index contributed by atoms with van der Waals surface area (Å²) in [4.78, 5) is 8.56. The highest BCUT2D eigenvalue weighted by atomic mass is 35.5. The summed E-state index contributed by atoms with van der Waals surface area (Å²) < 4.78 is 4.52. The van der Waals surface area contributed by atoms with Crippen LogP contribution in [0.15, 0.2) is 11.0 Å². The second kappa shape index (κ2) is 3.19. The van der Waals surface area contributed by atoms with Gasteiger partial charge in [-0.25, -0.2) is 4.79 Å². The lowest BCUT2D eigenvalue weighted by atomic mass is 10.8. The minimum atomic E-state index is -1.83. The van der Waals surface area contributed by atoms with Crippen LogP contribution in [0.3, 0.4) is 0 Å². The molecule has 0 atom stereocenters. The first kappa shape index (κ1) is 8.10. The van der Waals surface area contributed by atoms with Gasteiger partial charge in [-0.05, 0) is 18.5 Å². The Morgan fingerprint density at radius 3 is 1.78 bits per heavy atom. The van der Waals surface area contributed by atoms with E-state index < -0.39 is 6.16 Å². The Labute approximate surface area is 56.3 Å². The Hall–Kier alpha value is -0.900. The first-order chi connectivity index (χ1) is 4.04. The van der Waals surface area contributed by atoms with Crippen LogP contribution in [0, 0.1) is 0 Å². The lowest BCUT2D eigenvalue weighted by molar-refractivity contribution is 0.137. The SMILES string of the molecule is CC1=C(Cl)O1.O=C(O)O. The minimum Gasteiger partial charge on any atom is -0.450 e. The van der Waals surface area contributed by atoms with Crippen LogP contribution in [0.1, 0.15) is 6.92 Å². The molecule has 0 aromatic rings. The molecule has 0 unspecified atom stereocenters. The Bertz CT molecular complexity index is 137. The lowest BCUT2D eigenvalue weighted by Gasteiger charge is -1.60. The average Bonchev–Trinajstić information content (AvgIpc) is 2.16. The number of allylic oxidation sites excluding steroid dienone is 1. The van der Waals surface area contributed by atoms with Crippen LogP contribution in [0.2, 0.25) is 0 Å². The summed E-state index contributed by atoms with van der Waals surface area (Å²) in [5.74, 6) is 0.853. The molecule has 1 heterocycles. The molecule has 0 radical (unpaired) electrons. The van der Waals surface area contributed by atoms with Gasteiger partial charge in [-0.1, -0.05) is 0 Å². The summed E-state index contributed by atoms with van der Waals surface area (Å²) in [6.45, 7) is 1.82. The van der Waals surface area contributed by atoms with E-state index in [1.54, 1.807) is 0 Å². The number of hydrogen-bond acceptors (Lipinski definition) is 2. The maximum atomic E-state index is 8.56. The Kier molecular flexibility index (Phi) is 2.87. The zero-order valence-electron chi connectivity index (χ0n) is 4.59. The van der Waals surface area contributed by atoms with Crippen molar-refractivity contribution in [1.82, 2.24) is 0 Å². The molecule has 0 saturated carbocycles. The summed E-state index contributed by atoms with van der Waals surface area (Å²) >= 11 is 5.19. The molecule has 0 aromatic heterocycles. The van der Waals surface area contributed by atoms with Gasteiger partial charge in [-0.15, -0.1) is 0 Å². The summed E-state index contributed by atoms with van der Waals surface area (Å²) in [6.07, 6.45) is -1.83. The van der Waals surface area contributed by atoms with E-state index in [1.165, 1.54) is 0 Å². The van der Waals surface area contributed by atoms with Crippen LogP contribution in [-0.2, 0) is 4.74 Å². The average molecular weight is 153 g/mol. The molecule has 52 valence electrons. The summed E-state index contributed by atoms with van der Waals surface area (Å²) in [6, 6.07) is 0. The third kappa shape index (κ3) is 7.10. The second-order valence-electron chi connectivity index (χ2n) is 1.21. The smallest absolute Gasteiger partial charge is 0.450 e. The molecule has 1 aliphatic heterocycles. The molecule has 0 aliphatic carbocycles. The molecule has 2 N–H and O–H groups in total. The Morgan fingerprint density at radius 1 is 1.67 bits per heavy atom. The molecular weight excluding hydrogens is 147 g/mol. The zero-order valence-corrected chi connectivity index (χ0v) is 5.34. The predicted octanol–water partition coefficient (Wildman–Crippen LogP) is 1.67. The molecule has 0 bridgehead atoms. The van der Waals surface area contributed by atoms with E-state index >= 15 is 0 Å². The van der Waals surface area contributed by atoms with E-state index in [1.807, 2.05) is 6.92 Å². The summed E-state index contributed by atoms with van der Waals surface area (Å²) in [7, 11) is 0. The van der Waals surface area contributed by atoms with Gasteiger partial charge in [0.25, 0.3) is 0 Å². The van der Waals surface area contributed by atoms with Crippen molar-refractivity contribution in [2.24, 2.45) is 0 Å². The molecule has 0 saturated heterocycles. The van der Waals surface area contributed by atoms with Gasteiger partial charge in [-0.2, -0.15) is 0 Å². The van der Waals surface area contributed by atoms with Gasteiger partial charge in [0, 0.05) is 0 Å². The van der Waals surface area contributed by atoms with Crippen molar-refractivity contribution >= 4 is 17.8 Å². The summed E-state index contributed by atoms with van der Waals surface area (Å²) in [5.41, 5.74) is 0. The molecule has 1 aliphatic rings. The molecule has 0 aromatic carbocycles. The number of carbonyl (C=O) groups is 1. The molecular formula is C4H5ClO4. The van der Waals surface area contributed by atoms with E-state index in [0.29, 0.717) is 5.22 Å². The number of halogens is 1. The van der Waals surface area contributed by atoms with Gasteiger partial charge in [0.15, 0.2) is 5.76 Å². The Balaban J connectivity index is 0.000000148. The highest BCUT2D eigenvalue weighted by Gasteiger charge is 2.14. The van der Waals surface area contributed by atoms with E-state index in [-0.39, 0.29) is 0 Å². The number of hydrogen-bond donors (Lipinski definition) is 2. The van der Waals surface area contributed by atoms with Crippen molar-refractivity contribution in [3.63, 3.8) is 0 Å². The van der Waals surface area contributed by atoms with E-state index in [9.17, 15) is 0 Å². The fourth-order valence-electron chi connectivity index (χ4n) is 0.109. The minimum absolute atomic E-state index is 0.560.